The molecule has 4 heterocycles. The summed E-state index contributed by atoms with van der Waals surface area (Å²) in [6, 6.07) is 0. The van der Waals surface area contributed by atoms with E-state index < -0.39 is 181 Å². The third kappa shape index (κ3) is 9.25. The van der Waals surface area contributed by atoms with Crippen LogP contribution < -0.4 is 0 Å². The number of hydrogen-bond acceptors (Lipinski definition) is 22. The summed E-state index contributed by atoms with van der Waals surface area (Å²) < 4.78 is 54.3. The number of aliphatic carboxylic acids is 1. The molecule has 0 aromatic carbocycles. The van der Waals surface area contributed by atoms with Crippen LogP contribution in [0.25, 0.3) is 0 Å². The van der Waals surface area contributed by atoms with Gasteiger partial charge in [-0.05, 0) is 98.2 Å². The zero-order valence-corrected chi connectivity index (χ0v) is 45.5. The van der Waals surface area contributed by atoms with Crippen LogP contribution in [0.4, 0.5) is 0 Å². The van der Waals surface area contributed by atoms with Crippen LogP contribution in [0, 0.1) is 56.2 Å². The van der Waals surface area contributed by atoms with Gasteiger partial charge >= 0.3 is 17.9 Å². The lowest BCUT2D eigenvalue weighted by atomic mass is 9.33. The molecule has 11 N–H and O–H groups in total. The molecule has 0 aromatic heterocycles. The Balaban J connectivity index is 0.998. The molecule has 23 heteroatoms. The van der Waals surface area contributed by atoms with Gasteiger partial charge in [0.15, 0.2) is 25.0 Å². The monoisotopic (exact) mass is 1100 g/mol. The lowest BCUT2D eigenvalue weighted by Crippen LogP contribution is -2.69. The van der Waals surface area contributed by atoms with Crippen molar-refractivity contribution in [3.8, 4) is 0 Å². The standard InChI is InChI=1S/C54H84O23/c1-22(23(2)71-24(3)57)45(68)70-21-54-26-16-49(4,5)43(42(54)65)73-32(54)17-53(9)25(26)10-11-30-50(6)14-13-31(51(7,20-56)29(50)12-15-52(30,53)8)74-48-40(76-46-36(62)33(59)27(58)19-69-46)38(64)39(41(77-48)44(66)67)75-47-37(63)35(61)34(60)28(18-55)72-47/h10,22-23,26-43,46-48,55-56,58-65H,11-21H2,1-9H3,(H,66,67)/t22?,23?,26?,27-,28-,29-,30-,31+,32-,33+,34-,35+,36-,37-,38+,39+,40-,41+,42-,43-,46+,47+,48-,50+,51-,52-,53-,54+/m1/s1. The van der Waals surface area contributed by atoms with Crippen molar-refractivity contribution in [2.24, 2.45) is 56.2 Å². The van der Waals surface area contributed by atoms with Crippen LogP contribution in [0.1, 0.15) is 107 Å². The molecule has 0 radical (unpaired) electrons. The molecule has 0 amide bonds. The van der Waals surface area contributed by atoms with Crippen LogP contribution in [0.5, 0.6) is 0 Å². The molecular weight excluding hydrogens is 1020 g/mol. The summed E-state index contributed by atoms with van der Waals surface area (Å²) in [5.41, 5.74) is -2.40. The normalized spacial score (nSPS) is 51.7. The number of rotatable bonds is 14. The highest BCUT2D eigenvalue weighted by atomic mass is 16.8. The summed E-state index contributed by atoms with van der Waals surface area (Å²) in [5.74, 6) is -3.82. The van der Waals surface area contributed by atoms with E-state index in [4.69, 9.17) is 42.6 Å². The van der Waals surface area contributed by atoms with Gasteiger partial charge in [0.2, 0.25) is 0 Å². The Labute approximate surface area is 448 Å². The molecule has 77 heavy (non-hydrogen) atoms. The van der Waals surface area contributed by atoms with Gasteiger partial charge in [0.25, 0.3) is 0 Å². The molecular formula is C54H84O23. The van der Waals surface area contributed by atoms with E-state index in [1.54, 1.807) is 13.8 Å². The molecule has 4 saturated carbocycles. The van der Waals surface area contributed by atoms with Crippen molar-refractivity contribution < 1.29 is 113 Å². The first-order valence-corrected chi connectivity index (χ1v) is 27.4. The quantitative estimate of drug-likeness (QED) is 0.0588. The van der Waals surface area contributed by atoms with E-state index in [1.165, 1.54) is 12.5 Å². The van der Waals surface area contributed by atoms with E-state index in [0.29, 0.717) is 44.9 Å². The van der Waals surface area contributed by atoms with Crippen molar-refractivity contribution in [1.29, 1.82) is 0 Å². The van der Waals surface area contributed by atoms with Gasteiger partial charge in [0.05, 0.1) is 55.6 Å². The fourth-order valence-corrected chi connectivity index (χ4v) is 16.5. The fraction of sp³-hybridized carbons (Fsp3) is 0.907. The first kappa shape index (κ1) is 59.1. The molecule has 0 spiro atoms. The highest BCUT2D eigenvalue weighted by Crippen LogP contribution is 2.77. The van der Waals surface area contributed by atoms with E-state index in [1.807, 2.05) is 6.92 Å². The number of aliphatic hydroxyl groups excluding tert-OH is 10. The van der Waals surface area contributed by atoms with Crippen LogP contribution in [-0.4, -0.2) is 217 Å². The molecule has 9 rings (SSSR count). The maximum absolute atomic E-state index is 13.6. The molecule has 4 aliphatic heterocycles. The summed E-state index contributed by atoms with van der Waals surface area (Å²) in [7, 11) is 0. The van der Waals surface area contributed by atoms with Crippen LogP contribution in [0.3, 0.4) is 0 Å². The number of fused-ring (bicyclic) bond motifs is 7. The van der Waals surface area contributed by atoms with Crippen molar-refractivity contribution in [2.75, 3.05) is 26.4 Å². The Hall–Kier alpha value is -2.53. The minimum absolute atomic E-state index is 0.0482. The van der Waals surface area contributed by atoms with Crippen molar-refractivity contribution >= 4 is 17.9 Å². The predicted octanol–water partition coefficient (Wildman–Crippen LogP) is -0.586. The second-order valence-electron chi connectivity index (χ2n) is 25.8. The highest BCUT2D eigenvalue weighted by molar-refractivity contribution is 5.74. The molecule has 0 aromatic rings. The first-order valence-electron chi connectivity index (χ1n) is 27.4. The van der Waals surface area contributed by atoms with Gasteiger partial charge in [-0.15, -0.1) is 0 Å². The zero-order chi connectivity index (χ0) is 56.4. The maximum atomic E-state index is 13.6. The number of carbonyl (C=O) groups excluding carboxylic acids is 2. The Morgan fingerprint density at radius 3 is 2.08 bits per heavy atom. The second kappa shape index (κ2) is 21.0. The molecule has 28 atom stereocenters. The first-order chi connectivity index (χ1) is 36.0. The number of aliphatic hydroxyl groups is 10. The Morgan fingerprint density at radius 1 is 0.753 bits per heavy atom. The summed E-state index contributed by atoms with van der Waals surface area (Å²) in [5, 5.41) is 120. The van der Waals surface area contributed by atoms with E-state index >= 15 is 0 Å². The number of carboxylic acid groups (broad SMARTS) is 1. The topological polar surface area (TPSA) is 357 Å². The smallest absolute Gasteiger partial charge is 0.335 e. The number of carbonyl (C=O) groups is 3. The maximum Gasteiger partial charge on any atom is 0.335 e. The van der Waals surface area contributed by atoms with Crippen LogP contribution in [0.2, 0.25) is 0 Å². The van der Waals surface area contributed by atoms with Gasteiger partial charge in [-0.25, -0.2) is 4.79 Å². The molecule has 3 unspecified atom stereocenters. The Bertz CT molecular complexity index is 2230. The predicted molar refractivity (Wildman–Crippen MR) is 261 cm³/mol. The third-order valence-electron chi connectivity index (χ3n) is 21.3. The molecule has 5 aliphatic carbocycles. The van der Waals surface area contributed by atoms with Crippen molar-refractivity contribution in [2.45, 2.75) is 224 Å². The second-order valence-corrected chi connectivity index (χ2v) is 25.8. The largest absolute Gasteiger partial charge is 0.479 e. The highest BCUT2D eigenvalue weighted by Gasteiger charge is 2.76. The minimum atomic E-state index is -2.09. The summed E-state index contributed by atoms with van der Waals surface area (Å²) >= 11 is 0. The number of hydrogen-bond donors (Lipinski definition) is 11. The van der Waals surface area contributed by atoms with Crippen molar-refractivity contribution in [3.63, 3.8) is 0 Å². The Kier molecular flexibility index (Phi) is 16.1. The molecule has 438 valence electrons. The van der Waals surface area contributed by atoms with E-state index in [9.17, 15) is 70.6 Å². The number of carboxylic acids is 1. The van der Waals surface area contributed by atoms with E-state index in [2.05, 4.69) is 40.7 Å². The molecule has 4 saturated heterocycles. The van der Waals surface area contributed by atoms with Gasteiger partial charge in [0.1, 0.15) is 73.8 Å². The van der Waals surface area contributed by atoms with Crippen LogP contribution in [0.15, 0.2) is 11.6 Å². The zero-order valence-electron chi connectivity index (χ0n) is 45.5. The van der Waals surface area contributed by atoms with Gasteiger partial charge in [-0.1, -0.05) is 53.2 Å². The van der Waals surface area contributed by atoms with Gasteiger partial charge in [0, 0.05) is 12.3 Å². The summed E-state index contributed by atoms with van der Waals surface area (Å²) in [4.78, 5) is 38.4. The van der Waals surface area contributed by atoms with Crippen molar-refractivity contribution in [3.05, 3.63) is 11.6 Å². The molecule has 9 aliphatic rings. The third-order valence-corrected chi connectivity index (χ3v) is 21.3. The van der Waals surface area contributed by atoms with Crippen molar-refractivity contribution in [1.82, 2.24) is 0 Å². The van der Waals surface area contributed by atoms with E-state index in [-0.39, 0.29) is 36.4 Å². The van der Waals surface area contributed by atoms with Gasteiger partial charge in [-0.3, -0.25) is 9.59 Å². The Morgan fingerprint density at radius 2 is 1.43 bits per heavy atom. The van der Waals surface area contributed by atoms with Crippen LogP contribution >= 0.6 is 0 Å². The summed E-state index contributed by atoms with van der Waals surface area (Å²) in [6.07, 6.45) is -22.8. The van der Waals surface area contributed by atoms with Gasteiger partial charge in [-0.2, -0.15) is 0 Å². The number of esters is 2. The molecule has 23 nitrogen and oxygen atoms in total. The average Bonchev–Trinajstić information content (AvgIpc) is 3.93. The lowest BCUT2D eigenvalue weighted by Gasteiger charge is -2.71. The molecule has 8 fully saturated rings. The SMILES string of the molecule is CC(=O)OC(C)C(C)C(=O)OC[C@]12C3CC(C)(C)[C@H](O[C@@H]1C[C@]1(C)C3=CC[C@@H]3[C@@]4(C)CC[C@H](O[C@@H]5O[C@H](C(=O)O)[C@@H](O[C@@H]6O[C@H](CO)[C@@H](O)[C@H](O)[C@H]6O)[C@H](O)[C@H]5O[C@@H]5OC[C@@H](O)[C@H](O)[C@H]5O)[C@](C)(CO)[C@@H]4CC[C@]31C)[C@H]2O. The number of ether oxygens (including phenoxy) is 9. The average molecular weight is 1100 g/mol. The lowest BCUT2D eigenvalue weighted by molar-refractivity contribution is -0.387. The van der Waals surface area contributed by atoms with Gasteiger partial charge < -0.3 is 98.8 Å². The molecule has 2 bridgehead atoms. The minimum Gasteiger partial charge on any atom is -0.479 e. The van der Waals surface area contributed by atoms with Crippen LogP contribution in [-0.2, 0) is 57.0 Å². The van der Waals surface area contributed by atoms with E-state index in [0.717, 1.165) is 0 Å². The fourth-order valence-electron chi connectivity index (χ4n) is 16.5. The number of allylic oxidation sites excluding steroid dienone is 2. The summed E-state index contributed by atoms with van der Waals surface area (Å²) in [6.45, 7) is 15.8.